The number of ketones is 1. The summed E-state index contributed by atoms with van der Waals surface area (Å²) in [5, 5.41) is 0. The molecule has 2 bridgehead atoms. The smallest absolute Gasteiger partial charge is 0.145 e. The fourth-order valence-corrected chi connectivity index (χ4v) is 4.19. The molecule has 0 spiro atoms. The predicted molar refractivity (Wildman–Crippen MR) is 76.8 cm³/mol. The number of nitrogens with zero attached hydrogens (tertiary/aromatic N) is 1. The fraction of sp³-hybridized carbons (Fsp3) is 0.467. The number of thiocarbonyl (C=S) groups is 1. The number of carbonyl (C=O) groups is 1. The van der Waals surface area contributed by atoms with Gasteiger partial charge in [0.2, 0.25) is 0 Å². The molecule has 94 valence electrons. The first-order valence-corrected chi connectivity index (χ1v) is 6.82. The molecule has 3 fully saturated rings. The molecule has 0 N–H and O–H groups in total. The largest absolute Gasteiger partial charge is 0.332 e. The molecule has 2 atom stereocenters. The van der Waals surface area contributed by atoms with Gasteiger partial charge in [0.15, 0.2) is 0 Å². The molecule has 2 heterocycles. The van der Waals surface area contributed by atoms with E-state index in [4.69, 9.17) is 12.2 Å². The van der Waals surface area contributed by atoms with Gasteiger partial charge in [-0.05, 0) is 24.0 Å². The van der Waals surface area contributed by atoms with Crippen LogP contribution < -0.4 is 4.90 Å². The summed E-state index contributed by atoms with van der Waals surface area (Å²) in [5.74, 6) is 0.242. The van der Waals surface area contributed by atoms with Crippen molar-refractivity contribution in [2.75, 3.05) is 4.90 Å². The van der Waals surface area contributed by atoms with E-state index in [1.54, 1.807) is 0 Å². The van der Waals surface area contributed by atoms with Crippen LogP contribution >= 0.6 is 12.2 Å². The summed E-state index contributed by atoms with van der Waals surface area (Å²) in [4.78, 5) is 15.2. The second kappa shape index (κ2) is 3.89. The van der Waals surface area contributed by atoms with E-state index >= 15 is 0 Å². The number of hydrogen-bond acceptors (Lipinski definition) is 2. The molecule has 2 aliphatic heterocycles. The maximum absolute atomic E-state index is 12.1. The van der Waals surface area contributed by atoms with Crippen molar-refractivity contribution in [1.82, 2.24) is 0 Å². The summed E-state index contributed by atoms with van der Waals surface area (Å²) in [6.45, 7) is 4.33. The Morgan fingerprint density at radius 3 is 2.50 bits per heavy atom. The van der Waals surface area contributed by atoms with Crippen LogP contribution in [0.3, 0.4) is 0 Å². The third-order valence-electron chi connectivity index (χ3n) is 4.19. The first-order chi connectivity index (χ1) is 8.50. The summed E-state index contributed by atoms with van der Waals surface area (Å²) in [6.07, 6.45) is 1.68. The molecular formula is C15H17NOS. The molecule has 2 nitrogen and oxygen atoms in total. The predicted octanol–water partition coefficient (Wildman–Crippen LogP) is 3.21. The second-order valence-corrected chi connectivity index (χ2v) is 6.41. The topological polar surface area (TPSA) is 20.3 Å². The minimum absolute atomic E-state index is 0.0162. The minimum Gasteiger partial charge on any atom is -0.332 e. The van der Waals surface area contributed by atoms with Gasteiger partial charge in [0.05, 0.1) is 10.9 Å². The Morgan fingerprint density at radius 2 is 1.94 bits per heavy atom. The van der Waals surface area contributed by atoms with Crippen molar-refractivity contribution in [2.45, 2.75) is 32.7 Å². The van der Waals surface area contributed by atoms with Crippen LogP contribution in [-0.2, 0) is 4.79 Å². The molecule has 0 aromatic heterocycles. The average molecular weight is 259 g/mol. The monoisotopic (exact) mass is 259 g/mol. The fourth-order valence-electron chi connectivity index (χ4n) is 3.48. The van der Waals surface area contributed by atoms with E-state index in [2.05, 4.69) is 30.9 Å². The first kappa shape index (κ1) is 11.8. The molecule has 0 amide bonds. The van der Waals surface area contributed by atoms with Gasteiger partial charge in [-0.1, -0.05) is 44.3 Å². The third-order valence-corrected chi connectivity index (χ3v) is 4.62. The molecule has 3 heteroatoms. The van der Waals surface area contributed by atoms with E-state index in [0.717, 1.165) is 17.1 Å². The maximum Gasteiger partial charge on any atom is 0.145 e. The van der Waals surface area contributed by atoms with Gasteiger partial charge in [-0.25, -0.2) is 0 Å². The number of benzene rings is 1. The summed E-state index contributed by atoms with van der Waals surface area (Å²) in [7, 11) is 0. The SMILES string of the molecule is CC1(C)CC2CC(=O)C1C(=S)N2c1ccccc1. The maximum atomic E-state index is 12.1. The first-order valence-electron chi connectivity index (χ1n) is 6.41. The number of carbonyl (C=O) groups excluding carboxylic acids is 1. The van der Waals surface area contributed by atoms with Crippen molar-refractivity contribution < 1.29 is 4.79 Å². The van der Waals surface area contributed by atoms with E-state index in [-0.39, 0.29) is 17.4 Å². The minimum atomic E-state index is -0.0855. The summed E-state index contributed by atoms with van der Waals surface area (Å²) in [6, 6.07) is 10.4. The van der Waals surface area contributed by atoms with Gasteiger partial charge < -0.3 is 4.90 Å². The van der Waals surface area contributed by atoms with Crippen molar-refractivity contribution in [2.24, 2.45) is 11.3 Å². The average Bonchev–Trinajstić information content (AvgIpc) is 2.27. The van der Waals surface area contributed by atoms with E-state index in [0.29, 0.717) is 12.2 Å². The Kier molecular flexibility index (Phi) is 2.56. The molecule has 1 aromatic carbocycles. The molecule has 1 aliphatic carbocycles. The third kappa shape index (κ3) is 1.61. The van der Waals surface area contributed by atoms with E-state index in [9.17, 15) is 4.79 Å². The highest BCUT2D eigenvalue weighted by Gasteiger charge is 2.53. The highest BCUT2D eigenvalue weighted by atomic mass is 32.1. The number of piperidine rings is 2. The molecule has 18 heavy (non-hydrogen) atoms. The lowest BCUT2D eigenvalue weighted by atomic mass is 9.62. The molecule has 4 rings (SSSR count). The van der Waals surface area contributed by atoms with E-state index in [1.165, 1.54) is 0 Å². The Balaban J connectivity index is 2.02. The van der Waals surface area contributed by atoms with Crippen molar-refractivity contribution in [1.29, 1.82) is 0 Å². The van der Waals surface area contributed by atoms with Gasteiger partial charge in [-0.3, -0.25) is 4.79 Å². The zero-order chi connectivity index (χ0) is 12.9. The molecule has 2 unspecified atom stereocenters. The standard InChI is InChI=1S/C15H17NOS/c1-15(2)9-11-8-12(17)13(15)14(18)16(11)10-6-4-3-5-7-10/h3-7,11,13H,8-9H2,1-2H3. The van der Waals surface area contributed by atoms with Crippen molar-refractivity contribution >= 4 is 28.7 Å². The van der Waals surface area contributed by atoms with Gasteiger partial charge in [-0.15, -0.1) is 0 Å². The lowest BCUT2D eigenvalue weighted by Gasteiger charge is -2.53. The molecule has 1 aromatic rings. The van der Waals surface area contributed by atoms with Crippen molar-refractivity contribution in [3.05, 3.63) is 30.3 Å². The van der Waals surface area contributed by atoms with Crippen LogP contribution in [0.15, 0.2) is 30.3 Å². The number of anilines is 1. The number of rotatable bonds is 1. The lowest BCUT2D eigenvalue weighted by Crippen LogP contribution is -2.62. The van der Waals surface area contributed by atoms with Gasteiger partial charge in [0, 0.05) is 18.2 Å². The summed E-state index contributed by atoms with van der Waals surface area (Å²) in [5.41, 5.74) is 1.14. The highest BCUT2D eigenvalue weighted by Crippen LogP contribution is 2.48. The van der Waals surface area contributed by atoms with Gasteiger partial charge in [0.1, 0.15) is 5.78 Å². The van der Waals surface area contributed by atoms with Gasteiger partial charge in [0.25, 0.3) is 0 Å². The van der Waals surface area contributed by atoms with Crippen LogP contribution in [0.5, 0.6) is 0 Å². The van der Waals surface area contributed by atoms with Gasteiger partial charge in [-0.2, -0.15) is 0 Å². The molecule has 0 radical (unpaired) electrons. The van der Waals surface area contributed by atoms with Crippen LogP contribution in [0.2, 0.25) is 0 Å². The Hall–Kier alpha value is -1.22. The van der Waals surface area contributed by atoms with E-state index < -0.39 is 0 Å². The zero-order valence-corrected chi connectivity index (χ0v) is 11.5. The molecular weight excluding hydrogens is 242 g/mol. The van der Waals surface area contributed by atoms with Crippen LogP contribution in [0, 0.1) is 11.3 Å². The molecule has 1 saturated carbocycles. The zero-order valence-electron chi connectivity index (χ0n) is 10.7. The number of para-hydroxylation sites is 1. The highest BCUT2D eigenvalue weighted by molar-refractivity contribution is 7.80. The Bertz CT molecular complexity index is 508. The van der Waals surface area contributed by atoms with Crippen molar-refractivity contribution in [3.63, 3.8) is 0 Å². The Labute approximate surface area is 113 Å². The van der Waals surface area contributed by atoms with Crippen LogP contribution in [0.4, 0.5) is 5.69 Å². The number of Topliss-reactive ketones (excluding diaryl/α,β-unsaturated/α-hetero) is 1. The van der Waals surface area contributed by atoms with Crippen LogP contribution in [0.25, 0.3) is 0 Å². The van der Waals surface area contributed by atoms with Crippen LogP contribution in [0.1, 0.15) is 26.7 Å². The van der Waals surface area contributed by atoms with Gasteiger partial charge >= 0.3 is 0 Å². The number of hydrogen-bond donors (Lipinski definition) is 0. The lowest BCUT2D eigenvalue weighted by molar-refractivity contribution is -0.127. The van der Waals surface area contributed by atoms with Crippen molar-refractivity contribution in [3.8, 4) is 0 Å². The van der Waals surface area contributed by atoms with Crippen LogP contribution in [-0.4, -0.2) is 16.8 Å². The quantitative estimate of drug-likeness (QED) is 0.722. The summed E-state index contributed by atoms with van der Waals surface area (Å²) < 4.78 is 0. The number of fused-ring (bicyclic) bond motifs is 3. The molecule has 2 saturated heterocycles. The normalized spacial score (nSPS) is 29.8. The van der Waals surface area contributed by atoms with E-state index in [1.807, 2.05) is 18.2 Å². The molecule has 3 aliphatic rings. The Morgan fingerprint density at radius 1 is 1.28 bits per heavy atom. The summed E-state index contributed by atoms with van der Waals surface area (Å²) >= 11 is 5.59. The second-order valence-electron chi connectivity index (χ2n) is 5.99.